The number of nitrogens with zero attached hydrogens (tertiary/aromatic N) is 3. The highest BCUT2D eigenvalue weighted by atomic mass is 32.1. The van der Waals surface area contributed by atoms with Gasteiger partial charge in [0.25, 0.3) is 5.78 Å². The number of amides is 1. The Morgan fingerprint density at radius 2 is 1.59 bits per heavy atom. The van der Waals surface area contributed by atoms with Crippen LogP contribution in [0.5, 0.6) is 11.5 Å². The Morgan fingerprint density at radius 3 is 2.22 bits per heavy atom. The molecule has 1 saturated heterocycles. The van der Waals surface area contributed by atoms with Crippen LogP contribution in [-0.2, 0) is 9.59 Å². The number of hydrogen-bond acceptors (Lipinski definition) is 8. The first-order valence-electron chi connectivity index (χ1n) is 11.5. The molecule has 5 rings (SSSR count). The second kappa shape index (κ2) is 9.59. The third-order valence-electron chi connectivity index (χ3n) is 6.32. The van der Waals surface area contributed by atoms with Crippen molar-refractivity contribution in [3.63, 3.8) is 0 Å². The molecule has 2 heterocycles. The van der Waals surface area contributed by atoms with E-state index in [4.69, 9.17) is 9.47 Å². The van der Waals surface area contributed by atoms with E-state index in [2.05, 4.69) is 4.98 Å². The molecular weight excluding hydrogens is 490 g/mol. The molecule has 1 aliphatic rings. The summed E-state index contributed by atoms with van der Waals surface area (Å²) in [6.45, 7) is 0. The Bertz CT molecular complexity index is 1520. The van der Waals surface area contributed by atoms with Crippen LogP contribution >= 0.6 is 11.3 Å². The van der Waals surface area contributed by atoms with Crippen molar-refractivity contribution in [1.29, 1.82) is 0 Å². The highest BCUT2D eigenvalue weighted by molar-refractivity contribution is 7.22. The minimum absolute atomic E-state index is 0.00427. The van der Waals surface area contributed by atoms with E-state index in [9.17, 15) is 14.7 Å². The van der Waals surface area contributed by atoms with E-state index in [1.54, 1.807) is 44.6 Å². The fourth-order valence-electron chi connectivity index (χ4n) is 4.33. The highest BCUT2D eigenvalue weighted by Crippen LogP contribution is 2.45. The molecule has 1 aromatic heterocycles. The summed E-state index contributed by atoms with van der Waals surface area (Å²) in [6, 6.07) is 18.8. The van der Waals surface area contributed by atoms with E-state index in [-0.39, 0.29) is 11.3 Å². The zero-order valence-electron chi connectivity index (χ0n) is 20.8. The van der Waals surface area contributed by atoms with Gasteiger partial charge >= 0.3 is 5.91 Å². The molecule has 4 aromatic rings. The van der Waals surface area contributed by atoms with Gasteiger partial charge in [-0.3, -0.25) is 14.5 Å². The van der Waals surface area contributed by atoms with E-state index in [0.717, 1.165) is 10.4 Å². The Hall–Kier alpha value is -4.37. The Morgan fingerprint density at radius 1 is 0.946 bits per heavy atom. The monoisotopic (exact) mass is 515 g/mol. The molecule has 0 aliphatic carbocycles. The van der Waals surface area contributed by atoms with Crippen LogP contribution in [0.4, 0.5) is 10.8 Å². The number of aromatic nitrogens is 1. The van der Waals surface area contributed by atoms with E-state index in [1.807, 2.05) is 55.4 Å². The van der Waals surface area contributed by atoms with Crippen LogP contribution in [0.3, 0.4) is 0 Å². The second-order valence-electron chi connectivity index (χ2n) is 8.71. The van der Waals surface area contributed by atoms with Crippen molar-refractivity contribution in [2.45, 2.75) is 6.04 Å². The number of ether oxygens (including phenoxy) is 2. The number of carbonyl (C=O) groups excluding carboxylic acids is 2. The van der Waals surface area contributed by atoms with Gasteiger partial charge in [-0.1, -0.05) is 23.5 Å². The molecule has 1 aliphatic heterocycles. The van der Waals surface area contributed by atoms with E-state index < -0.39 is 17.7 Å². The number of carbonyl (C=O) groups is 2. The fraction of sp³-hybridized carbons (Fsp3) is 0.179. The van der Waals surface area contributed by atoms with Crippen LogP contribution in [-0.4, -0.2) is 50.1 Å². The molecule has 0 bridgehead atoms. The van der Waals surface area contributed by atoms with Crippen LogP contribution in [0.2, 0.25) is 0 Å². The quantitative estimate of drug-likeness (QED) is 0.219. The molecule has 8 nitrogen and oxygen atoms in total. The fourth-order valence-corrected chi connectivity index (χ4v) is 5.35. The van der Waals surface area contributed by atoms with Gasteiger partial charge in [-0.05, 0) is 60.2 Å². The van der Waals surface area contributed by atoms with Crippen LogP contribution in [0.1, 0.15) is 17.2 Å². The van der Waals surface area contributed by atoms with Crippen molar-refractivity contribution in [2.24, 2.45) is 0 Å². The largest absolute Gasteiger partial charge is 0.507 e. The number of ketones is 1. The summed E-state index contributed by atoms with van der Waals surface area (Å²) in [6.07, 6.45) is 0. The van der Waals surface area contributed by atoms with Gasteiger partial charge in [0.1, 0.15) is 17.3 Å². The topological polar surface area (TPSA) is 92.2 Å². The van der Waals surface area contributed by atoms with Crippen LogP contribution in [0, 0.1) is 0 Å². The first-order valence-corrected chi connectivity index (χ1v) is 12.3. The maximum absolute atomic E-state index is 13.5. The van der Waals surface area contributed by atoms with E-state index >= 15 is 0 Å². The average Bonchev–Trinajstić information content (AvgIpc) is 3.45. The standard InChI is InChI=1S/C28H25N3O5S/c1-30(2)18-9-5-16(6-10-18)24-23(25(32)17-7-11-19(35-3)12-8-17)26(33)27(34)31(24)28-29-21-14-13-20(36-4)15-22(21)37-28/h5-15,24,32H,1-4H3/b25-23+. The Labute approximate surface area is 218 Å². The summed E-state index contributed by atoms with van der Waals surface area (Å²) in [5.74, 6) is -0.500. The molecule has 1 amide bonds. The maximum atomic E-state index is 13.5. The van der Waals surface area contributed by atoms with E-state index in [1.165, 1.54) is 16.2 Å². The average molecular weight is 516 g/mol. The van der Waals surface area contributed by atoms with Gasteiger partial charge in [0, 0.05) is 25.3 Å². The zero-order valence-corrected chi connectivity index (χ0v) is 21.6. The first-order chi connectivity index (χ1) is 17.8. The van der Waals surface area contributed by atoms with Crippen molar-refractivity contribution in [2.75, 3.05) is 38.1 Å². The van der Waals surface area contributed by atoms with Gasteiger partial charge in [-0.25, -0.2) is 4.98 Å². The first kappa shape index (κ1) is 24.3. The molecule has 1 fully saturated rings. The summed E-state index contributed by atoms with van der Waals surface area (Å²) in [5.41, 5.74) is 2.73. The number of rotatable bonds is 6. The van der Waals surface area contributed by atoms with Gasteiger partial charge in [-0.15, -0.1) is 0 Å². The predicted octanol–water partition coefficient (Wildman–Crippen LogP) is 5.01. The smallest absolute Gasteiger partial charge is 0.301 e. The minimum atomic E-state index is -0.860. The summed E-state index contributed by atoms with van der Waals surface area (Å²) in [7, 11) is 6.99. The molecule has 1 unspecified atom stereocenters. The Balaban J connectivity index is 1.69. The number of hydrogen-bond donors (Lipinski definition) is 1. The number of Topliss-reactive ketones (excluding diaryl/α,β-unsaturated/α-hetero) is 1. The molecule has 0 saturated carbocycles. The number of thiazole rings is 1. The lowest BCUT2D eigenvalue weighted by Crippen LogP contribution is -2.29. The summed E-state index contributed by atoms with van der Waals surface area (Å²) >= 11 is 1.28. The van der Waals surface area contributed by atoms with Gasteiger partial charge in [-0.2, -0.15) is 0 Å². The van der Waals surface area contributed by atoms with Gasteiger partial charge in [0.2, 0.25) is 0 Å². The lowest BCUT2D eigenvalue weighted by molar-refractivity contribution is -0.132. The third-order valence-corrected chi connectivity index (χ3v) is 7.34. The number of methoxy groups -OCH3 is 2. The number of aliphatic hydroxyl groups excluding tert-OH is 1. The highest BCUT2D eigenvalue weighted by Gasteiger charge is 2.48. The predicted molar refractivity (Wildman–Crippen MR) is 145 cm³/mol. The lowest BCUT2D eigenvalue weighted by Gasteiger charge is -2.23. The maximum Gasteiger partial charge on any atom is 0.301 e. The molecule has 188 valence electrons. The van der Waals surface area contributed by atoms with Gasteiger partial charge in [0.15, 0.2) is 5.13 Å². The molecule has 1 N–H and O–H groups in total. The van der Waals surface area contributed by atoms with Crippen LogP contribution in [0.15, 0.2) is 72.3 Å². The molecule has 0 radical (unpaired) electrons. The summed E-state index contributed by atoms with van der Waals surface area (Å²) < 4.78 is 11.3. The number of fused-ring (bicyclic) bond motifs is 1. The number of benzene rings is 3. The molecule has 3 aromatic carbocycles. The van der Waals surface area contributed by atoms with Crippen LogP contribution < -0.4 is 19.3 Å². The number of anilines is 2. The van der Waals surface area contributed by atoms with Crippen molar-refractivity contribution in [3.8, 4) is 11.5 Å². The van der Waals surface area contributed by atoms with Crippen LogP contribution in [0.25, 0.3) is 16.0 Å². The molecule has 0 spiro atoms. The third kappa shape index (κ3) is 4.27. The van der Waals surface area contributed by atoms with E-state index in [0.29, 0.717) is 33.3 Å². The zero-order chi connectivity index (χ0) is 26.3. The normalized spacial score (nSPS) is 16.9. The number of aliphatic hydroxyl groups is 1. The molecule has 1 atom stereocenters. The van der Waals surface area contributed by atoms with Crippen molar-refractivity contribution >= 4 is 49.8 Å². The van der Waals surface area contributed by atoms with Gasteiger partial charge in [0.05, 0.1) is 36.1 Å². The summed E-state index contributed by atoms with van der Waals surface area (Å²) in [4.78, 5) is 34.9. The molecule has 9 heteroatoms. The SMILES string of the molecule is COc1ccc(/C(O)=C2\C(=O)C(=O)N(c3nc4ccc(OC)cc4s3)C2c2ccc(N(C)C)cc2)cc1. The van der Waals surface area contributed by atoms with Crippen molar-refractivity contribution in [3.05, 3.63) is 83.4 Å². The molecular formula is C28H25N3O5S. The molecule has 37 heavy (non-hydrogen) atoms. The lowest BCUT2D eigenvalue weighted by atomic mass is 9.95. The van der Waals surface area contributed by atoms with Crippen molar-refractivity contribution in [1.82, 2.24) is 4.98 Å². The minimum Gasteiger partial charge on any atom is -0.507 e. The van der Waals surface area contributed by atoms with Gasteiger partial charge < -0.3 is 19.5 Å². The summed E-state index contributed by atoms with van der Waals surface area (Å²) in [5, 5.41) is 11.7. The Kier molecular flexibility index (Phi) is 6.31. The van der Waals surface area contributed by atoms with Crippen molar-refractivity contribution < 1.29 is 24.2 Å². The second-order valence-corrected chi connectivity index (χ2v) is 9.72.